The quantitative estimate of drug-likeness (QED) is 0.546. The lowest BCUT2D eigenvalue weighted by atomic mass is 10.5. The first-order valence-electron chi connectivity index (χ1n) is 5.17. The van der Waals surface area contributed by atoms with E-state index in [1.54, 1.807) is 0 Å². The predicted octanol–water partition coefficient (Wildman–Crippen LogP) is 0.733. The number of anilines is 1. The molecule has 1 aromatic rings. The Labute approximate surface area is 94.4 Å². The third kappa shape index (κ3) is 3.85. The van der Waals surface area contributed by atoms with Crippen molar-refractivity contribution in [1.82, 2.24) is 15.0 Å². The average Bonchev–Trinajstić information content (AvgIpc) is 2.25. The fourth-order valence-electron chi connectivity index (χ4n) is 0.924. The normalized spacial score (nSPS) is 10.3. The van der Waals surface area contributed by atoms with Gasteiger partial charge in [0, 0.05) is 0 Å². The lowest BCUT2D eigenvalue weighted by molar-refractivity contribution is 0.213. The van der Waals surface area contributed by atoms with Gasteiger partial charge in [0.1, 0.15) is 0 Å². The fourth-order valence-corrected chi connectivity index (χ4v) is 0.924. The molecule has 1 rings (SSSR count). The molecule has 0 atom stereocenters. The minimum atomic E-state index is -0.0213. The van der Waals surface area contributed by atoms with E-state index in [0.717, 1.165) is 6.42 Å². The largest absolute Gasteiger partial charge is 0.463 e. The molecule has 7 heteroatoms. The van der Waals surface area contributed by atoms with Crippen molar-refractivity contribution in [2.24, 2.45) is 5.84 Å². The first-order chi connectivity index (χ1) is 7.65. The molecule has 0 aromatic carbocycles. The smallest absolute Gasteiger partial charge is 0.324 e. The Morgan fingerprint density at radius 1 is 1.25 bits per heavy atom. The van der Waals surface area contributed by atoms with E-state index in [0.29, 0.717) is 6.61 Å². The molecular weight excluding hydrogens is 210 g/mol. The molecule has 0 spiro atoms. The van der Waals surface area contributed by atoms with Crippen LogP contribution < -0.4 is 20.7 Å². The molecule has 0 amide bonds. The van der Waals surface area contributed by atoms with Crippen LogP contribution in [0.25, 0.3) is 0 Å². The van der Waals surface area contributed by atoms with E-state index in [2.05, 4.69) is 20.4 Å². The molecule has 0 aliphatic carbocycles. The van der Waals surface area contributed by atoms with Crippen LogP contribution >= 0.6 is 0 Å². The van der Waals surface area contributed by atoms with Crippen molar-refractivity contribution in [3.05, 3.63) is 0 Å². The molecule has 16 heavy (non-hydrogen) atoms. The van der Waals surface area contributed by atoms with Gasteiger partial charge in [0.25, 0.3) is 0 Å². The van der Waals surface area contributed by atoms with Crippen molar-refractivity contribution in [3.63, 3.8) is 0 Å². The van der Waals surface area contributed by atoms with Gasteiger partial charge >= 0.3 is 12.0 Å². The van der Waals surface area contributed by atoms with Gasteiger partial charge in [0.05, 0.1) is 12.7 Å². The van der Waals surface area contributed by atoms with E-state index < -0.39 is 0 Å². The van der Waals surface area contributed by atoms with Crippen molar-refractivity contribution >= 4 is 5.95 Å². The summed E-state index contributed by atoms with van der Waals surface area (Å²) >= 11 is 0. The molecule has 90 valence electrons. The van der Waals surface area contributed by atoms with Gasteiger partial charge in [-0.1, -0.05) is 6.92 Å². The monoisotopic (exact) mass is 227 g/mol. The Kier molecular flexibility index (Phi) is 4.71. The van der Waals surface area contributed by atoms with Crippen LogP contribution in [-0.4, -0.2) is 27.7 Å². The average molecular weight is 227 g/mol. The van der Waals surface area contributed by atoms with Gasteiger partial charge in [-0.25, -0.2) is 5.84 Å². The van der Waals surface area contributed by atoms with Crippen LogP contribution in [0.2, 0.25) is 0 Å². The highest BCUT2D eigenvalue weighted by atomic mass is 16.5. The Hall–Kier alpha value is -1.63. The van der Waals surface area contributed by atoms with Crippen LogP contribution in [0, 0.1) is 0 Å². The number of hydrazine groups is 1. The Morgan fingerprint density at radius 3 is 2.50 bits per heavy atom. The number of nitrogen functional groups attached to an aromatic ring is 1. The first-order valence-corrected chi connectivity index (χ1v) is 5.17. The zero-order chi connectivity index (χ0) is 12.0. The zero-order valence-electron chi connectivity index (χ0n) is 9.73. The molecule has 7 nitrogen and oxygen atoms in total. The summed E-state index contributed by atoms with van der Waals surface area (Å²) < 4.78 is 10.6. The summed E-state index contributed by atoms with van der Waals surface area (Å²) in [5, 5.41) is 0. The number of nitrogens with two attached hydrogens (primary N) is 1. The zero-order valence-corrected chi connectivity index (χ0v) is 9.73. The van der Waals surface area contributed by atoms with Gasteiger partial charge < -0.3 is 9.47 Å². The Balaban J connectivity index is 2.82. The lowest BCUT2D eigenvalue weighted by Crippen LogP contribution is -2.15. The lowest BCUT2D eigenvalue weighted by Gasteiger charge is -2.10. The van der Waals surface area contributed by atoms with Crippen LogP contribution in [0.4, 0.5) is 5.95 Å². The first kappa shape index (κ1) is 12.4. The number of nitrogens with zero attached hydrogens (tertiary/aromatic N) is 3. The molecule has 1 heterocycles. The molecule has 1 aromatic heterocycles. The summed E-state index contributed by atoms with van der Waals surface area (Å²) in [4.78, 5) is 11.9. The van der Waals surface area contributed by atoms with E-state index in [-0.39, 0.29) is 24.1 Å². The molecule has 0 bridgehead atoms. The third-order valence-electron chi connectivity index (χ3n) is 1.50. The topological polar surface area (TPSA) is 95.2 Å². The van der Waals surface area contributed by atoms with Crippen molar-refractivity contribution < 1.29 is 9.47 Å². The van der Waals surface area contributed by atoms with Crippen molar-refractivity contribution in [3.8, 4) is 12.0 Å². The van der Waals surface area contributed by atoms with Crippen molar-refractivity contribution in [2.45, 2.75) is 33.3 Å². The third-order valence-corrected chi connectivity index (χ3v) is 1.50. The minimum absolute atomic E-state index is 0.0213. The standard InChI is InChI=1S/C9H17N5O2/c1-4-5-15-8-11-7(14-10)12-9(13-8)16-6(2)3/h6H,4-5,10H2,1-3H3,(H,11,12,13,14). The summed E-state index contributed by atoms with van der Waals surface area (Å²) in [5.41, 5.74) is 2.34. The van der Waals surface area contributed by atoms with Crippen molar-refractivity contribution in [1.29, 1.82) is 0 Å². The second kappa shape index (κ2) is 6.06. The predicted molar refractivity (Wildman–Crippen MR) is 59.2 cm³/mol. The van der Waals surface area contributed by atoms with Crippen molar-refractivity contribution in [2.75, 3.05) is 12.0 Å². The Morgan fingerprint density at radius 2 is 1.94 bits per heavy atom. The van der Waals surface area contributed by atoms with Crippen LogP contribution in [0.15, 0.2) is 0 Å². The van der Waals surface area contributed by atoms with Crippen LogP contribution in [-0.2, 0) is 0 Å². The molecule has 0 saturated heterocycles. The van der Waals surface area contributed by atoms with Gasteiger partial charge in [0.2, 0.25) is 5.95 Å². The summed E-state index contributed by atoms with van der Waals surface area (Å²) in [5.74, 6) is 5.45. The SMILES string of the molecule is CCCOc1nc(NN)nc(OC(C)C)n1. The minimum Gasteiger partial charge on any atom is -0.463 e. The molecular formula is C9H17N5O2. The summed E-state index contributed by atoms with van der Waals surface area (Å²) in [6.45, 7) is 6.29. The van der Waals surface area contributed by atoms with Gasteiger partial charge in [-0.05, 0) is 20.3 Å². The van der Waals surface area contributed by atoms with Gasteiger partial charge in [0.15, 0.2) is 0 Å². The van der Waals surface area contributed by atoms with E-state index in [1.165, 1.54) is 0 Å². The number of aromatic nitrogens is 3. The van der Waals surface area contributed by atoms with E-state index in [4.69, 9.17) is 15.3 Å². The molecule has 0 saturated carbocycles. The second-order valence-corrected chi connectivity index (χ2v) is 3.38. The van der Waals surface area contributed by atoms with Gasteiger partial charge in [-0.3, -0.25) is 5.43 Å². The van der Waals surface area contributed by atoms with E-state index >= 15 is 0 Å². The number of ether oxygens (including phenoxy) is 2. The molecule has 3 N–H and O–H groups in total. The molecule has 0 aliphatic rings. The molecule has 0 radical (unpaired) electrons. The number of hydrogen-bond acceptors (Lipinski definition) is 7. The molecule has 0 unspecified atom stereocenters. The van der Waals surface area contributed by atoms with Crippen LogP contribution in [0.3, 0.4) is 0 Å². The number of rotatable bonds is 6. The van der Waals surface area contributed by atoms with Crippen LogP contribution in [0.5, 0.6) is 12.0 Å². The molecule has 0 fully saturated rings. The Bertz CT molecular complexity index is 332. The highest BCUT2D eigenvalue weighted by Gasteiger charge is 2.08. The van der Waals surface area contributed by atoms with Gasteiger partial charge in [-0.15, -0.1) is 4.98 Å². The number of hydrogen-bond donors (Lipinski definition) is 2. The fraction of sp³-hybridized carbons (Fsp3) is 0.667. The number of nitrogens with one attached hydrogen (secondary N) is 1. The highest BCUT2D eigenvalue weighted by Crippen LogP contribution is 2.13. The second-order valence-electron chi connectivity index (χ2n) is 3.38. The maximum absolute atomic E-state index is 5.34. The highest BCUT2D eigenvalue weighted by molar-refractivity contribution is 5.25. The maximum atomic E-state index is 5.34. The molecule has 0 aliphatic heterocycles. The summed E-state index contributed by atoms with van der Waals surface area (Å²) in [6.07, 6.45) is 0.851. The van der Waals surface area contributed by atoms with Gasteiger partial charge in [-0.2, -0.15) is 9.97 Å². The van der Waals surface area contributed by atoms with E-state index in [9.17, 15) is 0 Å². The summed E-state index contributed by atoms with van der Waals surface area (Å²) in [6, 6.07) is 0.407. The van der Waals surface area contributed by atoms with E-state index in [1.807, 2.05) is 20.8 Å². The maximum Gasteiger partial charge on any atom is 0.324 e. The summed E-state index contributed by atoms with van der Waals surface area (Å²) in [7, 11) is 0. The van der Waals surface area contributed by atoms with Crippen LogP contribution in [0.1, 0.15) is 27.2 Å².